The number of nitrogens with one attached hydrogen (secondary N) is 1. The number of sulfonamides is 1. The molecule has 33 heavy (non-hydrogen) atoms. The predicted molar refractivity (Wildman–Crippen MR) is 123 cm³/mol. The van der Waals surface area contributed by atoms with E-state index in [4.69, 9.17) is 11.6 Å². The van der Waals surface area contributed by atoms with Crippen LogP contribution in [0.15, 0.2) is 78.2 Å². The molecule has 9 nitrogen and oxygen atoms in total. The number of anilines is 1. The highest BCUT2D eigenvalue weighted by atomic mass is 35.5. The summed E-state index contributed by atoms with van der Waals surface area (Å²) in [5.74, 6) is 0.340. The molecule has 4 aromatic rings. The van der Waals surface area contributed by atoms with Crippen LogP contribution < -0.4 is 4.72 Å². The lowest BCUT2D eigenvalue weighted by atomic mass is 9.99. The van der Waals surface area contributed by atoms with Gasteiger partial charge < -0.3 is 0 Å². The van der Waals surface area contributed by atoms with Crippen LogP contribution >= 0.6 is 11.6 Å². The van der Waals surface area contributed by atoms with Crippen molar-refractivity contribution in [2.24, 2.45) is 0 Å². The van der Waals surface area contributed by atoms with Crippen LogP contribution in [-0.4, -0.2) is 38.9 Å². The molecule has 0 fully saturated rings. The Morgan fingerprint density at radius 2 is 1.79 bits per heavy atom. The molecular formula is C22H19ClN6O3S. The first kappa shape index (κ1) is 22.6. The van der Waals surface area contributed by atoms with Crippen molar-refractivity contribution in [2.75, 3.05) is 4.72 Å². The van der Waals surface area contributed by atoms with Crippen molar-refractivity contribution in [3.8, 4) is 5.95 Å². The van der Waals surface area contributed by atoms with Crippen LogP contribution in [0.1, 0.15) is 35.4 Å². The standard InChI is InChI=1S/C22H19ClN6O3S/c1-15(21-26-14-27-29(21)22-24-8-5-9-25-22)10-20(30)16-11-17(23)13-18(12-16)28-33(31,32)19-6-3-2-4-7-19/h2-9,11-15,28H,10H2,1H3/t15-/m0/s1. The number of carbonyl (C=O) groups excluding carboxylic acids is 1. The van der Waals surface area contributed by atoms with Gasteiger partial charge in [0.05, 0.1) is 10.6 Å². The molecule has 11 heteroatoms. The van der Waals surface area contributed by atoms with Gasteiger partial charge >= 0.3 is 0 Å². The Kier molecular flexibility index (Phi) is 6.47. The molecule has 2 heterocycles. The summed E-state index contributed by atoms with van der Waals surface area (Å²) in [5, 5.41) is 4.39. The van der Waals surface area contributed by atoms with Crippen LogP contribution in [0.2, 0.25) is 5.02 Å². The third kappa shape index (κ3) is 5.24. The third-order valence-electron chi connectivity index (χ3n) is 4.77. The molecule has 1 atom stereocenters. The van der Waals surface area contributed by atoms with Crippen molar-refractivity contribution < 1.29 is 13.2 Å². The Morgan fingerprint density at radius 3 is 2.52 bits per heavy atom. The molecule has 0 aliphatic rings. The Balaban J connectivity index is 1.54. The van der Waals surface area contributed by atoms with Crippen LogP contribution in [-0.2, 0) is 10.0 Å². The number of aromatic nitrogens is 5. The molecule has 2 aromatic heterocycles. The smallest absolute Gasteiger partial charge is 0.261 e. The van der Waals surface area contributed by atoms with Gasteiger partial charge in [-0.3, -0.25) is 9.52 Å². The average molecular weight is 483 g/mol. The van der Waals surface area contributed by atoms with E-state index in [1.54, 1.807) is 36.7 Å². The molecule has 2 aromatic carbocycles. The number of hydrogen-bond donors (Lipinski definition) is 1. The largest absolute Gasteiger partial charge is 0.294 e. The van der Waals surface area contributed by atoms with E-state index in [9.17, 15) is 13.2 Å². The number of nitrogens with zero attached hydrogens (tertiary/aromatic N) is 5. The lowest BCUT2D eigenvalue weighted by molar-refractivity contribution is 0.0974. The number of halogens is 1. The summed E-state index contributed by atoms with van der Waals surface area (Å²) in [7, 11) is -3.82. The van der Waals surface area contributed by atoms with E-state index in [-0.39, 0.29) is 39.3 Å². The van der Waals surface area contributed by atoms with Crippen LogP contribution in [0, 0.1) is 0 Å². The lowest BCUT2D eigenvalue weighted by Crippen LogP contribution is -2.14. The number of rotatable bonds is 8. The van der Waals surface area contributed by atoms with Crippen molar-refractivity contribution in [2.45, 2.75) is 24.2 Å². The SMILES string of the molecule is C[C@@H](CC(=O)c1cc(Cl)cc(NS(=O)(=O)c2ccccc2)c1)c1ncnn1-c1ncccn1. The zero-order valence-electron chi connectivity index (χ0n) is 17.5. The molecule has 0 aliphatic carbocycles. The van der Waals surface area contributed by atoms with Crippen molar-refractivity contribution in [1.29, 1.82) is 0 Å². The normalized spacial score (nSPS) is 12.3. The van der Waals surface area contributed by atoms with Gasteiger partial charge in [0.2, 0.25) is 0 Å². The minimum Gasteiger partial charge on any atom is -0.294 e. The summed E-state index contributed by atoms with van der Waals surface area (Å²) < 4.78 is 29.2. The summed E-state index contributed by atoms with van der Waals surface area (Å²) >= 11 is 6.18. The minimum atomic E-state index is -3.82. The van der Waals surface area contributed by atoms with E-state index in [1.807, 2.05) is 6.92 Å². The maximum absolute atomic E-state index is 13.0. The summed E-state index contributed by atoms with van der Waals surface area (Å²) in [6.45, 7) is 1.84. The topological polar surface area (TPSA) is 120 Å². The molecule has 168 valence electrons. The zero-order chi connectivity index (χ0) is 23.4. The summed E-state index contributed by atoms with van der Waals surface area (Å²) in [5.41, 5.74) is 0.477. The van der Waals surface area contributed by atoms with Gasteiger partial charge in [0, 0.05) is 35.3 Å². The van der Waals surface area contributed by atoms with Crippen molar-refractivity contribution in [1.82, 2.24) is 24.7 Å². The average Bonchev–Trinajstić information content (AvgIpc) is 3.30. The fourth-order valence-corrected chi connectivity index (χ4v) is 4.55. The quantitative estimate of drug-likeness (QED) is 0.378. The van der Waals surface area contributed by atoms with Gasteiger partial charge in [0.25, 0.3) is 16.0 Å². The second-order valence-corrected chi connectivity index (χ2v) is 9.37. The number of ketones is 1. The number of carbonyl (C=O) groups is 1. The highest BCUT2D eigenvalue weighted by Gasteiger charge is 2.21. The van der Waals surface area contributed by atoms with E-state index in [2.05, 4.69) is 24.8 Å². The van der Waals surface area contributed by atoms with Gasteiger partial charge in [-0.2, -0.15) is 9.78 Å². The van der Waals surface area contributed by atoms with Gasteiger partial charge in [0.1, 0.15) is 12.2 Å². The number of benzene rings is 2. The highest BCUT2D eigenvalue weighted by Crippen LogP contribution is 2.26. The first-order chi connectivity index (χ1) is 15.8. The van der Waals surface area contributed by atoms with Crippen LogP contribution in [0.25, 0.3) is 5.95 Å². The summed E-state index contributed by atoms with van der Waals surface area (Å²) in [6, 6.07) is 14.0. The molecule has 0 amide bonds. The second kappa shape index (κ2) is 9.47. The molecule has 4 rings (SSSR count). The Morgan fingerprint density at radius 1 is 1.06 bits per heavy atom. The fourth-order valence-electron chi connectivity index (χ4n) is 3.25. The van der Waals surface area contributed by atoms with Crippen molar-refractivity contribution in [3.05, 3.63) is 89.7 Å². The van der Waals surface area contributed by atoms with E-state index < -0.39 is 10.0 Å². The van der Waals surface area contributed by atoms with Gasteiger partial charge in [-0.05, 0) is 36.4 Å². The van der Waals surface area contributed by atoms with E-state index >= 15 is 0 Å². The first-order valence-corrected chi connectivity index (χ1v) is 11.8. The number of hydrogen-bond acceptors (Lipinski definition) is 7. The van der Waals surface area contributed by atoms with Crippen molar-refractivity contribution in [3.63, 3.8) is 0 Å². The monoisotopic (exact) mass is 482 g/mol. The Hall–Kier alpha value is -3.63. The first-order valence-electron chi connectivity index (χ1n) is 9.92. The zero-order valence-corrected chi connectivity index (χ0v) is 19.0. The third-order valence-corrected chi connectivity index (χ3v) is 6.39. The summed E-state index contributed by atoms with van der Waals surface area (Å²) in [6.07, 6.45) is 4.65. The molecule has 0 unspecified atom stereocenters. The molecule has 1 N–H and O–H groups in total. The summed E-state index contributed by atoms with van der Waals surface area (Å²) in [4.78, 5) is 25.7. The van der Waals surface area contributed by atoms with Crippen LogP contribution in [0.3, 0.4) is 0 Å². The molecular weight excluding hydrogens is 464 g/mol. The van der Waals surface area contributed by atoms with E-state index in [0.717, 1.165) is 0 Å². The molecule has 0 bridgehead atoms. The van der Waals surface area contributed by atoms with Gasteiger partial charge in [-0.1, -0.05) is 36.7 Å². The Bertz CT molecular complexity index is 1380. The lowest BCUT2D eigenvalue weighted by Gasteiger charge is -2.13. The van der Waals surface area contributed by atoms with Gasteiger partial charge in [-0.25, -0.2) is 23.4 Å². The molecule has 0 saturated carbocycles. The Labute approximate surface area is 195 Å². The van der Waals surface area contributed by atoms with Gasteiger partial charge in [-0.15, -0.1) is 0 Å². The number of Topliss-reactive ketones (excluding diaryl/α,β-unsaturated/α-hetero) is 1. The molecule has 0 saturated heterocycles. The van der Waals surface area contributed by atoms with Crippen LogP contribution in [0.5, 0.6) is 0 Å². The molecule has 0 aliphatic heterocycles. The molecule has 0 spiro atoms. The predicted octanol–water partition coefficient (Wildman–Crippen LogP) is 3.89. The maximum atomic E-state index is 13.0. The fraction of sp³-hybridized carbons (Fsp3) is 0.136. The van der Waals surface area contributed by atoms with Crippen molar-refractivity contribution >= 4 is 33.1 Å². The van der Waals surface area contributed by atoms with E-state index in [0.29, 0.717) is 11.8 Å². The minimum absolute atomic E-state index is 0.0940. The second-order valence-electron chi connectivity index (χ2n) is 7.25. The highest BCUT2D eigenvalue weighted by molar-refractivity contribution is 7.92. The molecule has 0 radical (unpaired) electrons. The van der Waals surface area contributed by atoms with Crippen LogP contribution in [0.4, 0.5) is 5.69 Å². The maximum Gasteiger partial charge on any atom is 0.261 e. The van der Waals surface area contributed by atoms with E-state index in [1.165, 1.54) is 41.3 Å². The van der Waals surface area contributed by atoms with Gasteiger partial charge in [0.15, 0.2) is 5.78 Å².